The molecule has 2 unspecified atom stereocenters. The van der Waals surface area contributed by atoms with Crippen molar-refractivity contribution in [3.8, 4) is 6.07 Å². The Morgan fingerprint density at radius 3 is 2.89 bits per heavy atom. The third-order valence-corrected chi connectivity index (χ3v) is 3.56. The number of carbonyl (C=O) groups excluding carboxylic acids is 1. The van der Waals surface area contributed by atoms with Gasteiger partial charge in [-0.15, -0.1) is 0 Å². The third kappa shape index (κ3) is 2.53. The zero-order valence-corrected chi connectivity index (χ0v) is 11.0. The van der Waals surface area contributed by atoms with Crippen molar-refractivity contribution >= 4 is 11.6 Å². The number of anilines is 1. The van der Waals surface area contributed by atoms with Crippen LogP contribution in [0.5, 0.6) is 0 Å². The first-order valence-corrected chi connectivity index (χ1v) is 6.20. The van der Waals surface area contributed by atoms with Crippen LogP contribution in [0.25, 0.3) is 0 Å². The second kappa shape index (κ2) is 5.27. The molecule has 100 valence electrons. The molecule has 1 aromatic rings. The first-order chi connectivity index (χ1) is 9.04. The Kier molecular flexibility index (Phi) is 3.70. The first kappa shape index (κ1) is 13.3. The van der Waals surface area contributed by atoms with Crippen molar-refractivity contribution in [3.63, 3.8) is 0 Å². The molecule has 1 amide bonds. The van der Waals surface area contributed by atoms with Crippen molar-refractivity contribution in [1.29, 1.82) is 5.26 Å². The van der Waals surface area contributed by atoms with Crippen LogP contribution in [0.2, 0.25) is 0 Å². The van der Waals surface area contributed by atoms with E-state index in [1.54, 1.807) is 24.1 Å². The number of nitriles is 1. The highest BCUT2D eigenvalue weighted by Crippen LogP contribution is 2.25. The van der Waals surface area contributed by atoms with Gasteiger partial charge in [-0.25, -0.2) is 4.39 Å². The molecule has 1 heterocycles. The number of carbonyl (C=O) groups is 1. The molecule has 1 aliphatic rings. The average molecular weight is 261 g/mol. The Balaban J connectivity index is 2.36. The molecule has 19 heavy (non-hydrogen) atoms. The van der Waals surface area contributed by atoms with Gasteiger partial charge in [0.2, 0.25) is 5.91 Å². The van der Waals surface area contributed by atoms with E-state index in [-0.39, 0.29) is 24.2 Å². The summed E-state index contributed by atoms with van der Waals surface area (Å²) in [7, 11) is 1.74. The number of amides is 1. The van der Waals surface area contributed by atoms with Crippen LogP contribution >= 0.6 is 0 Å². The summed E-state index contributed by atoms with van der Waals surface area (Å²) in [4.78, 5) is 15.7. The van der Waals surface area contributed by atoms with Crippen molar-refractivity contribution in [1.82, 2.24) is 4.90 Å². The fourth-order valence-electron chi connectivity index (χ4n) is 2.34. The summed E-state index contributed by atoms with van der Waals surface area (Å²) < 4.78 is 13.3. The summed E-state index contributed by atoms with van der Waals surface area (Å²) in [6, 6.07) is 7.67. The van der Waals surface area contributed by atoms with Gasteiger partial charge < -0.3 is 9.80 Å². The molecule has 0 spiro atoms. The van der Waals surface area contributed by atoms with Crippen LogP contribution in [0.1, 0.15) is 13.3 Å². The van der Waals surface area contributed by atoms with E-state index in [4.69, 9.17) is 5.26 Å². The molecule has 1 saturated heterocycles. The fraction of sp³-hybridized carbons (Fsp3) is 0.429. The number of halogens is 1. The van der Waals surface area contributed by atoms with Gasteiger partial charge in [-0.1, -0.05) is 6.07 Å². The highest BCUT2D eigenvalue weighted by atomic mass is 19.1. The number of rotatable bonds is 2. The van der Waals surface area contributed by atoms with Crippen LogP contribution in [-0.2, 0) is 4.79 Å². The molecule has 0 N–H and O–H groups in total. The Labute approximate surface area is 112 Å². The van der Waals surface area contributed by atoms with Crippen LogP contribution in [0.15, 0.2) is 24.3 Å². The van der Waals surface area contributed by atoms with Crippen molar-refractivity contribution in [3.05, 3.63) is 30.1 Å². The summed E-state index contributed by atoms with van der Waals surface area (Å²) in [5, 5.41) is 8.89. The van der Waals surface area contributed by atoms with Crippen molar-refractivity contribution in [2.75, 3.05) is 18.5 Å². The molecular formula is C14H16FN3O. The van der Waals surface area contributed by atoms with Gasteiger partial charge in [0.1, 0.15) is 11.9 Å². The van der Waals surface area contributed by atoms with Crippen molar-refractivity contribution in [2.45, 2.75) is 25.4 Å². The van der Waals surface area contributed by atoms with Crippen LogP contribution in [0.4, 0.5) is 10.1 Å². The van der Waals surface area contributed by atoms with E-state index in [9.17, 15) is 9.18 Å². The van der Waals surface area contributed by atoms with Crippen LogP contribution < -0.4 is 4.90 Å². The van der Waals surface area contributed by atoms with Crippen molar-refractivity contribution < 1.29 is 9.18 Å². The maximum Gasteiger partial charge on any atom is 0.246 e. The van der Waals surface area contributed by atoms with E-state index < -0.39 is 6.04 Å². The maximum absolute atomic E-state index is 13.3. The average Bonchev–Trinajstić information content (AvgIpc) is 2.39. The molecule has 2 atom stereocenters. The zero-order valence-electron chi connectivity index (χ0n) is 11.0. The number of hydrogen-bond acceptors (Lipinski definition) is 3. The minimum Gasteiger partial charge on any atom is -0.357 e. The predicted molar refractivity (Wildman–Crippen MR) is 70.0 cm³/mol. The van der Waals surface area contributed by atoms with E-state index in [1.165, 1.54) is 12.1 Å². The lowest BCUT2D eigenvalue weighted by Gasteiger charge is -2.43. The zero-order chi connectivity index (χ0) is 14.0. The minimum absolute atomic E-state index is 0.0331. The second-order valence-corrected chi connectivity index (χ2v) is 4.81. The molecular weight excluding hydrogens is 245 g/mol. The highest BCUT2D eigenvalue weighted by Gasteiger charge is 2.36. The molecule has 1 aromatic carbocycles. The number of hydrogen-bond donors (Lipinski definition) is 0. The molecule has 1 aliphatic heterocycles. The van der Waals surface area contributed by atoms with Gasteiger partial charge >= 0.3 is 0 Å². The standard InChI is InChI=1S/C14H16FN3O/c1-10-9-18(12-5-3-4-11(15)8-12)13(6-7-16)14(19)17(10)2/h3-5,8,10,13H,6,9H2,1-2H3. The number of benzene rings is 1. The lowest BCUT2D eigenvalue weighted by Crippen LogP contribution is -2.59. The molecule has 0 aliphatic carbocycles. The topological polar surface area (TPSA) is 47.3 Å². The summed E-state index contributed by atoms with van der Waals surface area (Å²) in [5.41, 5.74) is 0.647. The normalized spacial score (nSPS) is 23.4. The van der Waals surface area contributed by atoms with Gasteiger partial charge in [0.05, 0.1) is 12.5 Å². The van der Waals surface area contributed by atoms with E-state index in [0.717, 1.165) is 0 Å². The molecule has 2 rings (SSSR count). The lowest BCUT2D eigenvalue weighted by molar-refractivity contribution is -0.134. The van der Waals surface area contributed by atoms with Gasteiger partial charge in [-0.2, -0.15) is 5.26 Å². The molecule has 0 aromatic heterocycles. The fourth-order valence-corrected chi connectivity index (χ4v) is 2.34. The Morgan fingerprint density at radius 1 is 1.53 bits per heavy atom. The number of likely N-dealkylation sites (N-methyl/N-ethyl adjacent to an activating group) is 1. The van der Waals surface area contributed by atoms with Crippen LogP contribution in [-0.4, -0.2) is 36.5 Å². The predicted octanol–water partition coefficient (Wildman–Crippen LogP) is 1.77. The largest absolute Gasteiger partial charge is 0.357 e. The third-order valence-electron chi connectivity index (χ3n) is 3.56. The molecule has 0 radical (unpaired) electrons. The van der Waals surface area contributed by atoms with E-state index >= 15 is 0 Å². The highest BCUT2D eigenvalue weighted by molar-refractivity contribution is 5.87. The summed E-state index contributed by atoms with van der Waals surface area (Å²) in [5.74, 6) is -0.434. The number of piperazine rings is 1. The minimum atomic E-state index is -0.534. The summed E-state index contributed by atoms with van der Waals surface area (Å²) in [6.45, 7) is 2.53. The first-order valence-electron chi connectivity index (χ1n) is 6.20. The van der Waals surface area contributed by atoms with Crippen molar-refractivity contribution in [2.24, 2.45) is 0 Å². The summed E-state index contributed by atoms with van der Waals surface area (Å²) in [6.07, 6.45) is 0.104. The molecule has 4 nitrogen and oxygen atoms in total. The summed E-state index contributed by atoms with van der Waals surface area (Å²) >= 11 is 0. The van der Waals surface area contributed by atoms with E-state index in [1.807, 2.05) is 17.9 Å². The quantitative estimate of drug-likeness (QED) is 0.815. The Hall–Kier alpha value is -2.09. The van der Waals surface area contributed by atoms with E-state index in [0.29, 0.717) is 12.2 Å². The molecule has 5 heteroatoms. The Morgan fingerprint density at radius 2 is 2.26 bits per heavy atom. The number of nitrogens with zero attached hydrogens (tertiary/aromatic N) is 3. The van der Waals surface area contributed by atoms with E-state index in [2.05, 4.69) is 0 Å². The lowest BCUT2D eigenvalue weighted by atomic mass is 10.0. The Bertz CT molecular complexity index is 526. The maximum atomic E-state index is 13.3. The van der Waals surface area contributed by atoms with Gasteiger partial charge in [-0.05, 0) is 25.1 Å². The molecule has 1 fully saturated rings. The smallest absolute Gasteiger partial charge is 0.246 e. The van der Waals surface area contributed by atoms with Gasteiger partial charge in [0, 0.05) is 25.3 Å². The monoisotopic (exact) mass is 261 g/mol. The van der Waals surface area contributed by atoms with Crippen LogP contribution in [0, 0.1) is 17.1 Å². The van der Waals surface area contributed by atoms with Crippen LogP contribution in [0.3, 0.4) is 0 Å². The second-order valence-electron chi connectivity index (χ2n) is 4.81. The van der Waals surface area contributed by atoms with Gasteiger partial charge in [0.25, 0.3) is 0 Å². The molecule has 0 saturated carbocycles. The molecule has 0 bridgehead atoms. The van der Waals surface area contributed by atoms with Gasteiger partial charge in [0.15, 0.2) is 0 Å². The van der Waals surface area contributed by atoms with Gasteiger partial charge in [-0.3, -0.25) is 4.79 Å². The SMILES string of the molecule is CC1CN(c2cccc(F)c2)C(CC#N)C(=O)N1C.